The average molecular weight is 556 g/mol. The molecule has 0 amide bonds. The Bertz CT molecular complexity index is 990. The first kappa shape index (κ1) is 33.5. The smallest absolute Gasteiger partial charge is 0.458 e. The summed E-state index contributed by atoms with van der Waals surface area (Å²) < 4.78 is 36.1. The van der Waals surface area contributed by atoms with E-state index in [9.17, 15) is 19.2 Å². The number of rotatable bonds is 12. The highest BCUT2D eigenvalue weighted by molar-refractivity contribution is 5.76. The standard InChI is InChI=1S/C27H41NO11/c1-10-27(8,9)39-26(32)36-18(7)17(6)35-23(29)20(28)13-19-11-12-21(37-24(30)33-15(2)3)22(14-19)38-25(31)34-16(4)5/h11-12,14-18,20H,10,13,28H2,1-9H3/t17-,18-,20-/m0/s1. The van der Waals surface area contributed by atoms with E-state index in [0.717, 1.165) is 0 Å². The predicted octanol–water partition coefficient (Wildman–Crippen LogP) is 5.07. The van der Waals surface area contributed by atoms with Crippen LogP contribution in [-0.2, 0) is 34.9 Å². The molecule has 12 nitrogen and oxygen atoms in total. The van der Waals surface area contributed by atoms with Crippen LogP contribution < -0.4 is 15.2 Å². The third-order valence-corrected chi connectivity index (χ3v) is 5.27. The van der Waals surface area contributed by atoms with E-state index in [1.807, 2.05) is 6.92 Å². The van der Waals surface area contributed by atoms with E-state index < -0.39 is 60.5 Å². The van der Waals surface area contributed by atoms with E-state index in [0.29, 0.717) is 12.0 Å². The summed E-state index contributed by atoms with van der Waals surface area (Å²) in [6.45, 7) is 15.1. The predicted molar refractivity (Wildman–Crippen MR) is 140 cm³/mol. The van der Waals surface area contributed by atoms with Crippen molar-refractivity contribution in [1.29, 1.82) is 0 Å². The Morgan fingerprint density at radius 3 is 1.79 bits per heavy atom. The lowest BCUT2D eigenvalue weighted by Gasteiger charge is -2.26. The van der Waals surface area contributed by atoms with E-state index in [4.69, 9.17) is 38.9 Å². The molecule has 0 spiro atoms. The number of hydrogen-bond donors (Lipinski definition) is 1. The van der Waals surface area contributed by atoms with Crippen LogP contribution in [0, 0.1) is 0 Å². The molecular weight excluding hydrogens is 514 g/mol. The van der Waals surface area contributed by atoms with Crippen LogP contribution >= 0.6 is 0 Å². The number of hydrogen-bond acceptors (Lipinski definition) is 12. The third kappa shape index (κ3) is 12.7. The molecule has 0 aromatic heterocycles. The van der Waals surface area contributed by atoms with Gasteiger partial charge in [-0.3, -0.25) is 4.79 Å². The topological polar surface area (TPSA) is 159 Å². The van der Waals surface area contributed by atoms with Gasteiger partial charge in [-0.05, 0) is 85.9 Å². The maximum Gasteiger partial charge on any atom is 0.514 e. The fourth-order valence-electron chi connectivity index (χ4n) is 2.73. The molecule has 0 aliphatic rings. The van der Waals surface area contributed by atoms with Crippen LogP contribution in [-0.4, -0.2) is 60.5 Å². The molecular formula is C27H41NO11. The first-order chi connectivity index (χ1) is 18.0. The highest BCUT2D eigenvalue weighted by Gasteiger charge is 2.28. The quantitative estimate of drug-likeness (QED) is 0.208. The maximum absolute atomic E-state index is 12.6. The SMILES string of the molecule is CCC(C)(C)OC(=O)O[C@@H](C)[C@H](C)OC(=O)[C@@H](N)Cc1ccc(OC(=O)OC(C)C)c(OC(=O)OC(C)C)c1. The minimum atomic E-state index is -1.11. The van der Waals surface area contributed by atoms with Gasteiger partial charge in [0.1, 0.15) is 23.9 Å². The van der Waals surface area contributed by atoms with E-state index in [1.54, 1.807) is 55.4 Å². The largest absolute Gasteiger partial charge is 0.514 e. The minimum Gasteiger partial charge on any atom is -0.458 e. The van der Waals surface area contributed by atoms with E-state index in [2.05, 4.69) is 0 Å². The third-order valence-electron chi connectivity index (χ3n) is 5.27. The lowest BCUT2D eigenvalue weighted by Crippen LogP contribution is -2.40. The lowest BCUT2D eigenvalue weighted by molar-refractivity contribution is -0.156. The lowest BCUT2D eigenvalue weighted by atomic mass is 10.1. The number of carbonyl (C=O) groups excluding carboxylic acids is 4. The van der Waals surface area contributed by atoms with Crippen LogP contribution in [0.15, 0.2) is 18.2 Å². The van der Waals surface area contributed by atoms with Gasteiger partial charge < -0.3 is 38.9 Å². The van der Waals surface area contributed by atoms with Gasteiger partial charge in [0.15, 0.2) is 11.5 Å². The Morgan fingerprint density at radius 2 is 1.28 bits per heavy atom. The van der Waals surface area contributed by atoms with Crippen molar-refractivity contribution in [3.63, 3.8) is 0 Å². The molecule has 0 heterocycles. The fourth-order valence-corrected chi connectivity index (χ4v) is 2.73. The molecule has 0 aliphatic carbocycles. The van der Waals surface area contributed by atoms with Gasteiger partial charge in [-0.15, -0.1) is 0 Å². The van der Waals surface area contributed by atoms with Gasteiger partial charge in [0.25, 0.3) is 0 Å². The van der Waals surface area contributed by atoms with Crippen LogP contribution in [0.5, 0.6) is 11.5 Å². The summed E-state index contributed by atoms with van der Waals surface area (Å²) in [6, 6.07) is 3.17. The van der Waals surface area contributed by atoms with Crippen molar-refractivity contribution in [3.05, 3.63) is 23.8 Å². The Morgan fingerprint density at radius 1 is 0.769 bits per heavy atom. The van der Waals surface area contributed by atoms with Crippen LogP contribution in [0.4, 0.5) is 14.4 Å². The Balaban J connectivity index is 2.90. The van der Waals surface area contributed by atoms with Crippen molar-refractivity contribution < 1.29 is 52.3 Å². The van der Waals surface area contributed by atoms with Crippen molar-refractivity contribution in [2.75, 3.05) is 0 Å². The molecule has 0 fully saturated rings. The van der Waals surface area contributed by atoms with Gasteiger partial charge >= 0.3 is 24.4 Å². The van der Waals surface area contributed by atoms with Crippen LogP contribution in [0.25, 0.3) is 0 Å². The van der Waals surface area contributed by atoms with E-state index in [-0.39, 0.29) is 17.9 Å². The average Bonchev–Trinajstić information content (AvgIpc) is 2.79. The summed E-state index contributed by atoms with van der Waals surface area (Å²) in [4.78, 5) is 48.7. The monoisotopic (exact) mass is 555 g/mol. The fraction of sp³-hybridized carbons (Fsp3) is 0.630. The van der Waals surface area contributed by atoms with Crippen LogP contribution in [0.3, 0.4) is 0 Å². The summed E-state index contributed by atoms with van der Waals surface area (Å²) in [5.41, 5.74) is 5.83. The summed E-state index contributed by atoms with van der Waals surface area (Å²) in [6.07, 6.45) is -4.79. The summed E-state index contributed by atoms with van der Waals surface area (Å²) in [5, 5.41) is 0. The molecule has 0 unspecified atom stereocenters. The van der Waals surface area contributed by atoms with E-state index in [1.165, 1.54) is 18.2 Å². The molecule has 1 rings (SSSR count). The summed E-state index contributed by atoms with van der Waals surface area (Å²) >= 11 is 0. The second-order valence-corrected chi connectivity index (χ2v) is 10.1. The zero-order chi connectivity index (χ0) is 29.9. The van der Waals surface area contributed by atoms with Crippen molar-refractivity contribution in [2.24, 2.45) is 5.73 Å². The Kier molecular flexibility index (Phi) is 13.0. The maximum atomic E-state index is 12.6. The van der Waals surface area contributed by atoms with Crippen LogP contribution in [0.2, 0.25) is 0 Å². The summed E-state index contributed by atoms with van der Waals surface area (Å²) in [5.74, 6) is -0.981. The van der Waals surface area contributed by atoms with E-state index >= 15 is 0 Å². The number of esters is 1. The van der Waals surface area contributed by atoms with Gasteiger partial charge in [0, 0.05) is 0 Å². The minimum absolute atomic E-state index is 0.0141. The second-order valence-electron chi connectivity index (χ2n) is 10.1. The van der Waals surface area contributed by atoms with Crippen molar-refractivity contribution >= 4 is 24.4 Å². The molecule has 39 heavy (non-hydrogen) atoms. The van der Waals surface area contributed by atoms with Gasteiger partial charge in [0.05, 0.1) is 12.2 Å². The second kappa shape index (κ2) is 15.2. The van der Waals surface area contributed by atoms with Gasteiger partial charge in [-0.25, -0.2) is 14.4 Å². The van der Waals surface area contributed by atoms with Gasteiger partial charge in [-0.1, -0.05) is 13.0 Å². The zero-order valence-electron chi connectivity index (χ0n) is 24.1. The Hall–Kier alpha value is -3.54. The Labute approximate surface area is 229 Å². The molecule has 0 saturated heterocycles. The molecule has 0 saturated carbocycles. The highest BCUT2D eigenvalue weighted by Crippen LogP contribution is 2.30. The molecule has 0 bridgehead atoms. The van der Waals surface area contributed by atoms with Gasteiger partial charge in [0.2, 0.25) is 0 Å². The normalized spacial score (nSPS) is 13.6. The van der Waals surface area contributed by atoms with Crippen LogP contribution in [0.1, 0.15) is 74.3 Å². The number of benzene rings is 1. The molecule has 0 aliphatic heterocycles. The van der Waals surface area contributed by atoms with Crippen molar-refractivity contribution in [1.82, 2.24) is 0 Å². The molecule has 2 N–H and O–H groups in total. The van der Waals surface area contributed by atoms with Crippen molar-refractivity contribution in [3.8, 4) is 11.5 Å². The highest BCUT2D eigenvalue weighted by atomic mass is 16.8. The number of carbonyl (C=O) groups is 4. The number of ether oxygens (including phenoxy) is 7. The molecule has 0 radical (unpaired) electrons. The van der Waals surface area contributed by atoms with Gasteiger partial charge in [-0.2, -0.15) is 0 Å². The molecule has 12 heteroatoms. The summed E-state index contributed by atoms with van der Waals surface area (Å²) in [7, 11) is 0. The first-order valence-corrected chi connectivity index (χ1v) is 12.8. The molecule has 1 aromatic carbocycles. The molecule has 1 aromatic rings. The molecule has 220 valence electrons. The molecule has 3 atom stereocenters. The van der Waals surface area contributed by atoms with Crippen molar-refractivity contribution in [2.45, 2.75) is 111 Å². The zero-order valence-corrected chi connectivity index (χ0v) is 24.1. The first-order valence-electron chi connectivity index (χ1n) is 12.8. The number of nitrogens with two attached hydrogens (primary N) is 1.